The lowest BCUT2D eigenvalue weighted by atomic mass is 10.2. The number of benzene rings is 4. The van der Waals surface area contributed by atoms with Crippen molar-refractivity contribution in [1.29, 1.82) is 0 Å². The van der Waals surface area contributed by atoms with Gasteiger partial charge >= 0.3 is 0 Å². The van der Waals surface area contributed by atoms with E-state index in [0.717, 1.165) is 18.5 Å². The van der Waals surface area contributed by atoms with Crippen LogP contribution in [0.2, 0.25) is 5.02 Å². The number of rotatable bonds is 10. The summed E-state index contributed by atoms with van der Waals surface area (Å²) >= 11 is 7.84. The number of para-hydroxylation sites is 1. The van der Waals surface area contributed by atoms with Crippen LogP contribution in [-0.4, -0.2) is 66.3 Å². The monoisotopic (exact) mass is 738 g/mol. The van der Waals surface area contributed by atoms with Gasteiger partial charge in [-0.15, -0.1) is 20.4 Å². The summed E-state index contributed by atoms with van der Waals surface area (Å²) in [6.45, 7) is 3.47. The van der Waals surface area contributed by atoms with Crippen molar-refractivity contribution < 1.29 is 13.2 Å². The van der Waals surface area contributed by atoms with Crippen molar-refractivity contribution in [3.63, 3.8) is 0 Å². The van der Waals surface area contributed by atoms with Crippen molar-refractivity contribution >= 4 is 50.1 Å². The van der Waals surface area contributed by atoms with Crippen LogP contribution in [0.15, 0.2) is 112 Å². The zero-order valence-corrected chi connectivity index (χ0v) is 29.8. The third kappa shape index (κ3) is 6.07. The first-order valence-electron chi connectivity index (χ1n) is 16.4. The van der Waals surface area contributed by atoms with Crippen LogP contribution in [-0.2, 0) is 15.8 Å². The first kappa shape index (κ1) is 33.1. The lowest BCUT2D eigenvalue weighted by Gasteiger charge is -2.16. The van der Waals surface area contributed by atoms with Gasteiger partial charge in [0.05, 0.1) is 33.8 Å². The molecular formula is C36H31ClN8O4S2. The van der Waals surface area contributed by atoms with Crippen molar-refractivity contribution in [2.24, 2.45) is 0 Å². The molecule has 0 saturated carbocycles. The molecule has 0 N–H and O–H groups in total. The predicted molar refractivity (Wildman–Crippen MR) is 197 cm³/mol. The van der Waals surface area contributed by atoms with Gasteiger partial charge in [-0.1, -0.05) is 53.7 Å². The molecule has 0 amide bonds. The Labute approximate surface area is 302 Å². The smallest absolute Gasteiger partial charge is 0.267 e. The first-order valence-corrected chi connectivity index (χ1v) is 19.2. The summed E-state index contributed by atoms with van der Waals surface area (Å²) in [5, 5.41) is 19.6. The largest absolute Gasteiger partial charge is 0.494 e. The molecule has 1 aliphatic rings. The van der Waals surface area contributed by atoms with Gasteiger partial charge in [-0.2, -0.15) is 4.31 Å². The average Bonchev–Trinajstić information content (AvgIpc) is 3.93. The first-order chi connectivity index (χ1) is 24.8. The van der Waals surface area contributed by atoms with Crippen molar-refractivity contribution in [3.05, 3.63) is 118 Å². The summed E-state index contributed by atoms with van der Waals surface area (Å²) in [7, 11) is -3.64. The summed E-state index contributed by atoms with van der Waals surface area (Å²) < 4.78 is 39.3. The molecule has 3 aromatic heterocycles. The maximum absolute atomic E-state index is 13.9. The maximum atomic E-state index is 13.9. The standard InChI is InChI=1S/C36H31ClN8O4S2/c1-2-49-28-16-14-27(15-17-28)44-34(46)30-18-13-25(37)22-31(30)45-32(38-40-35(44)45)23-50-36-41-39-33(43(36)26-10-4-3-5-11-26)24-9-8-12-29(21-24)51(47,48)42-19-6-7-20-42/h3-5,8-18,21-22H,2,6-7,19-20,23H2,1H3. The van der Waals surface area contributed by atoms with Gasteiger partial charge in [0.1, 0.15) is 11.6 Å². The second-order valence-corrected chi connectivity index (χ2v) is 15.2. The lowest BCUT2D eigenvalue weighted by Crippen LogP contribution is -2.27. The Hall–Kier alpha value is -5.02. The molecule has 12 nitrogen and oxygen atoms in total. The van der Waals surface area contributed by atoms with E-state index >= 15 is 0 Å². The number of ether oxygens (including phenoxy) is 1. The van der Waals surface area contributed by atoms with E-state index < -0.39 is 10.0 Å². The minimum absolute atomic E-state index is 0.220. The Kier molecular flexibility index (Phi) is 8.84. The zero-order chi connectivity index (χ0) is 35.1. The highest BCUT2D eigenvalue weighted by atomic mass is 35.5. The summed E-state index contributed by atoms with van der Waals surface area (Å²) in [5.74, 6) is 2.38. The SMILES string of the molecule is CCOc1ccc(-n2c(=O)c3ccc(Cl)cc3n3c(CSc4nnc(-c5cccc(S(=O)(=O)N6CCCC6)c5)n4-c4ccccc4)nnc23)cc1. The molecule has 0 aliphatic carbocycles. The summed E-state index contributed by atoms with van der Waals surface area (Å²) in [4.78, 5) is 14.1. The number of halogens is 1. The van der Waals surface area contributed by atoms with Crippen LogP contribution in [0.5, 0.6) is 5.75 Å². The number of nitrogens with zero attached hydrogens (tertiary/aromatic N) is 8. The minimum atomic E-state index is -3.64. The maximum Gasteiger partial charge on any atom is 0.267 e. The summed E-state index contributed by atoms with van der Waals surface area (Å²) in [6.07, 6.45) is 1.71. The van der Waals surface area contributed by atoms with Gasteiger partial charge in [-0.25, -0.2) is 13.0 Å². The molecule has 4 aromatic carbocycles. The minimum Gasteiger partial charge on any atom is -0.494 e. The van der Waals surface area contributed by atoms with Gasteiger partial charge in [0, 0.05) is 29.4 Å². The molecule has 0 bridgehead atoms. The van der Waals surface area contributed by atoms with Crippen molar-refractivity contribution in [2.75, 3.05) is 19.7 Å². The average molecular weight is 739 g/mol. The molecular weight excluding hydrogens is 708 g/mol. The molecule has 1 saturated heterocycles. The van der Waals surface area contributed by atoms with E-state index in [2.05, 4.69) is 20.4 Å². The van der Waals surface area contributed by atoms with Crippen molar-refractivity contribution in [1.82, 2.24) is 38.2 Å². The molecule has 15 heteroatoms. The highest BCUT2D eigenvalue weighted by Crippen LogP contribution is 2.32. The topological polar surface area (TPSA) is 130 Å². The highest BCUT2D eigenvalue weighted by Gasteiger charge is 2.28. The van der Waals surface area contributed by atoms with Crippen LogP contribution in [0.1, 0.15) is 25.6 Å². The van der Waals surface area contributed by atoms with Gasteiger partial charge in [0.15, 0.2) is 11.0 Å². The van der Waals surface area contributed by atoms with E-state index in [1.807, 2.05) is 76.6 Å². The molecule has 258 valence electrons. The fourth-order valence-corrected chi connectivity index (χ4v) is 8.92. The number of hydrogen-bond acceptors (Lipinski definition) is 9. The number of sulfonamides is 1. The predicted octanol–water partition coefficient (Wildman–Crippen LogP) is 6.41. The second kappa shape index (κ2) is 13.6. The Morgan fingerprint density at radius 1 is 0.824 bits per heavy atom. The Bertz CT molecular complexity index is 2560. The molecule has 4 heterocycles. The van der Waals surface area contributed by atoms with Gasteiger partial charge in [-0.05, 0) is 86.5 Å². The van der Waals surface area contributed by atoms with E-state index in [9.17, 15) is 13.2 Å². The van der Waals surface area contributed by atoms with Gasteiger partial charge < -0.3 is 4.74 Å². The van der Waals surface area contributed by atoms with Crippen molar-refractivity contribution in [2.45, 2.75) is 35.6 Å². The molecule has 7 aromatic rings. The second-order valence-electron chi connectivity index (χ2n) is 11.9. The molecule has 0 atom stereocenters. The lowest BCUT2D eigenvalue weighted by molar-refractivity contribution is 0.340. The van der Waals surface area contributed by atoms with Crippen molar-refractivity contribution in [3.8, 4) is 28.5 Å². The van der Waals surface area contributed by atoms with Crippen LogP contribution in [0, 0.1) is 0 Å². The third-order valence-electron chi connectivity index (χ3n) is 8.73. The Balaban J connectivity index is 1.21. The highest BCUT2D eigenvalue weighted by molar-refractivity contribution is 7.98. The molecule has 0 spiro atoms. The molecule has 1 fully saturated rings. The fraction of sp³-hybridized carbons (Fsp3) is 0.194. The third-order valence-corrected chi connectivity index (χ3v) is 11.8. The Morgan fingerprint density at radius 2 is 1.59 bits per heavy atom. The van der Waals surface area contributed by atoms with Gasteiger partial charge in [0.2, 0.25) is 15.8 Å². The number of hydrogen-bond donors (Lipinski definition) is 0. The van der Waals surface area contributed by atoms with Crippen LogP contribution < -0.4 is 10.3 Å². The molecule has 51 heavy (non-hydrogen) atoms. The molecule has 8 rings (SSSR count). The summed E-state index contributed by atoms with van der Waals surface area (Å²) in [6, 6.07) is 28.9. The number of fused-ring (bicyclic) bond motifs is 3. The van der Waals surface area contributed by atoms with E-state index in [1.54, 1.807) is 36.4 Å². The van der Waals surface area contributed by atoms with Crippen LogP contribution in [0.25, 0.3) is 39.4 Å². The normalized spacial score (nSPS) is 13.8. The van der Waals surface area contributed by atoms with E-state index in [1.165, 1.54) is 20.6 Å². The number of aromatic nitrogens is 7. The summed E-state index contributed by atoms with van der Waals surface area (Å²) in [5.41, 5.74) is 2.35. The molecule has 0 radical (unpaired) electrons. The van der Waals surface area contributed by atoms with E-state index in [0.29, 0.717) is 81.0 Å². The zero-order valence-electron chi connectivity index (χ0n) is 27.4. The van der Waals surface area contributed by atoms with E-state index in [4.69, 9.17) is 16.3 Å². The molecule has 1 aliphatic heterocycles. The van der Waals surface area contributed by atoms with E-state index in [-0.39, 0.29) is 10.5 Å². The van der Waals surface area contributed by atoms with Crippen LogP contribution in [0.4, 0.5) is 0 Å². The molecule has 0 unspecified atom stereocenters. The quantitative estimate of drug-likeness (QED) is 0.146. The van der Waals surface area contributed by atoms with Gasteiger partial charge in [0.25, 0.3) is 5.56 Å². The van der Waals surface area contributed by atoms with Crippen LogP contribution >= 0.6 is 23.4 Å². The number of thioether (sulfide) groups is 1. The van der Waals surface area contributed by atoms with Crippen LogP contribution in [0.3, 0.4) is 0 Å². The Morgan fingerprint density at radius 3 is 2.35 bits per heavy atom. The fourth-order valence-electron chi connectivity index (χ4n) is 6.33. The van der Waals surface area contributed by atoms with Gasteiger partial charge in [-0.3, -0.25) is 13.8 Å².